The number of amides is 1. The molecular weight excluding hydrogens is 445 g/mol. The van der Waals surface area contributed by atoms with E-state index in [-0.39, 0.29) is 34.0 Å². The molecule has 31 heavy (non-hydrogen) atoms. The molecule has 1 unspecified atom stereocenters. The van der Waals surface area contributed by atoms with Gasteiger partial charge in [-0.1, -0.05) is 0 Å². The lowest BCUT2D eigenvalue weighted by molar-refractivity contribution is -0.147. The van der Waals surface area contributed by atoms with Gasteiger partial charge in [-0.05, 0) is 45.2 Å². The van der Waals surface area contributed by atoms with Crippen molar-refractivity contribution in [1.29, 1.82) is 0 Å². The maximum Gasteiger partial charge on any atom is 0.404 e. The van der Waals surface area contributed by atoms with Crippen molar-refractivity contribution in [2.45, 2.75) is 56.8 Å². The highest BCUT2D eigenvalue weighted by Crippen LogP contribution is 2.33. The maximum atomic E-state index is 13.5. The van der Waals surface area contributed by atoms with E-state index in [0.29, 0.717) is 26.3 Å². The fourth-order valence-corrected chi connectivity index (χ4v) is 5.35. The number of nitrogens with zero attached hydrogens (tertiary/aromatic N) is 1. The molecule has 2 heterocycles. The summed E-state index contributed by atoms with van der Waals surface area (Å²) in [5, 5.41) is 2.39. The quantitative estimate of drug-likeness (QED) is 0.658. The Labute approximate surface area is 175 Å². The topological polar surface area (TPSA) is 80.2 Å². The normalized spacial score (nSPS) is 15.5. The number of sulfonamides is 1. The molecule has 6 nitrogen and oxygen atoms in total. The number of nitrogens with one attached hydrogen (secondary N) is 2. The van der Waals surface area contributed by atoms with E-state index in [1.807, 2.05) is 0 Å². The third-order valence-corrected chi connectivity index (χ3v) is 6.83. The molecule has 1 aliphatic rings. The van der Waals surface area contributed by atoms with E-state index in [1.54, 1.807) is 4.72 Å². The average Bonchev–Trinajstić information content (AvgIpc) is 2.96. The largest absolute Gasteiger partial charge is 0.404 e. The van der Waals surface area contributed by atoms with E-state index in [2.05, 4.69) is 5.32 Å². The molecule has 2 aromatic rings. The van der Waals surface area contributed by atoms with Gasteiger partial charge in [0, 0.05) is 29.6 Å². The molecule has 3 rings (SSSR count). The molecule has 0 bridgehead atoms. The number of anilines is 1. The Morgan fingerprint density at radius 3 is 2.45 bits per heavy atom. The summed E-state index contributed by atoms with van der Waals surface area (Å²) in [5.74, 6) is -3.07. The molecule has 12 heteroatoms. The molecule has 0 fully saturated rings. The number of fused-ring (bicyclic) bond motifs is 1. The fraction of sp³-hybridized carbons (Fsp3) is 0.421. The van der Waals surface area contributed by atoms with E-state index in [1.165, 1.54) is 11.5 Å². The van der Waals surface area contributed by atoms with Crippen molar-refractivity contribution in [3.8, 4) is 0 Å². The summed E-state index contributed by atoms with van der Waals surface area (Å²) in [4.78, 5) is 12.5. The summed E-state index contributed by atoms with van der Waals surface area (Å²) >= 11 is 0. The van der Waals surface area contributed by atoms with Crippen LogP contribution >= 0.6 is 0 Å². The van der Waals surface area contributed by atoms with Gasteiger partial charge in [0.15, 0.2) is 11.6 Å². The van der Waals surface area contributed by atoms with Crippen LogP contribution in [0.3, 0.4) is 0 Å². The van der Waals surface area contributed by atoms with E-state index >= 15 is 0 Å². The predicted octanol–water partition coefficient (Wildman–Crippen LogP) is 3.89. The molecule has 1 aromatic carbocycles. The standard InChI is InChI=1S/C19H20F5N3O3S/c1-10-16(18(28)25-12-6-7-13(20)14(21)9-12)27-8-4-3-5-15(27)17(10)31(29,30)26-11(2)19(22,23)24/h6-7,9,11,26H,3-5,8H2,1-2H3,(H,25,28). The van der Waals surface area contributed by atoms with E-state index < -0.39 is 39.8 Å². The van der Waals surface area contributed by atoms with Crippen molar-refractivity contribution in [3.05, 3.63) is 46.8 Å². The highest BCUT2D eigenvalue weighted by atomic mass is 32.2. The number of halogens is 5. The highest BCUT2D eigenvalue weighted by Gasteiger charge is 2.41. The number of alkyl halides is 3. The SMILES string of the molecule is Cc1c(S(=O)(=O)NC(C)C(F)(F)F)c2n(c1C(=O)Nc1ccc(F)c(F)c1)CCCC2. The number of hydrogen-bond donors (Lipinski definition) is 2. The van der Waals surface area contributed by atoms with Gasteiger partial charge in [-0.25, -0.2) is 17.2 Å². The first-order chi connectivity index (χ1) is 14.3. The van der Waals surface area contributed by atoms with Crippen LogP contribution in [-0.2, 0) is 23.0 Å². The Balaban J connectivity index is 2.04. The van der Waals surface area contributed by atoms with Gasteiger partial charge < -0.3 is 9.88 Å². The summed E-state index contributed by atoms with van der Waals surface area (Å²) in [6.45, 7) is 2.31. The zero-order valence-corrected chi connectivity index (χ0v) is 17.4. The number of aromatic nitrogens is 1. The number of carbonyl (C=O) groups is 1. The molecule has 0 saturated carbocycles. The molecule has 0 saturated heterocycles. The van der Waals surface area contributed by atoms with Crippen molar-refractivity contribution in [1.82, 2.24) is 9.29 Å². The van der Waals surface area contributed by atoms with E-state index in [4.69, 9.17) is 0 Å². The summed E-state index contributed by atoms with van der Waals surface area (Å²) in [6, 6.07) is 0.405. The number of benzene rings is 1. The van der Waals surface area contributed by atoms with Crippen LogP contribution in [0.2, 0.25) is 0 Å². The molecule has 1 aromatic heterocycles. The van der Waals surface area contributed by atoms with Crippen LogP contribution in [0.4, 0.5) is 27.6 Å². The van der Waals surface area contributed by atoms with Crippen molar-refractivity contribution in [3.63, 3.8) is 0 Å². The molecular formula is C19H20F5N3O3S. The Morgan fingerprint density at radius 2 is 1.84 bits per heavy atom. The van der Waals surface area contributed by atoms with Crippen LogP contribution in [0.5, 0.6) is 0 Å². The van der Waals surface area contributed by atoms with Crippen molar-refractivity contribution in [2.75, 3.05) is 5.32 Å². The smallest absolute Gasteiger partial charge is 0.339 e. The minimum absolute atomic E-state index is 0.0149. The Kier molecular flexibility index (Phi) is 6.16. The van der Waals surface area contributed by atoms with E-state index in [0.717, 1.165) is 18.2 Å². The van der Waals surface area contributed by atoms with Gasteiger partial charge in [-0.15, -0.1) is 0 Å². The minimum atomic E-state index is -4.78. The zero-order valence-electron chi connectivity index (χ0n) is 16.6. The molecule has 0 aliphatic carbocycles. The molecule has 1 amide bonds. The van der Waals surface area contributed by atoms with Crippen LogP contribution < -0.4 is 10.0 Å². The highest BCUT2D eigenvalue weighted by molar-refractivity contribution is 7.89. The molecule has 1 aliphatic heterocycles. The van der Waals surface area contributed by atoms with Crippen molar-refractivity contribution in [2.24, 2.45) is 0 Å². The average molecular weight is 465 g/mol. The molecule has 0 radical (unpaired) electrons. The van der Waals surface area contributed by atoms with Crippen LogP contribution in [0.1, 0.15) is 41.5 Å². The molecule has 1 atom stereocenters. The van der Waals surface area contributed by atoms with Gasteiger partial charge in [-0.2, -0.15) is 17.9 Å². The van der Waals surface area contributed by atoms with Crippen LogP contribution in [0.15, 0.2) is 23.1 Å². The Hall–Kier alpha value is -2.47. The zero-order chi connectivity index (χ0) is 23.1. The number of rotatable bonds is 5. The van der Waals surface area contributed by atoms with Gasteiger partial charge in [-0.3, -0.25) is 4.79 Å². The summed E-state index contributed by atoms with van der Waals surface area (Å²) in [5.41, 5.74) is 0.113. The second-order valence-corrected chi connectivity index (χ2v) is 8.98. The third kappa shape index (κ3) is 4.59. The lowest BCUT2D eigenvalue weighted by atomic mass is 10.1. The fourth-order valence-electron chi connectivity index (χ4n) is 3.61. The summed E-state index contributed by atoms with van der Waals surface area (Å²) < 4.78 is 94.0. The van der Waals surface area contributed by atoms with Gasteiger partial charge in [0.1, 0.15) is 16.6 Å². The molecule has 170 valence electrons. The van der Waals surface area contributed by atoms with Crippen LogP contribution in [-0.4, -0.2) is 31.1 Å². The monoisotopic (exact) mass is 465 g/mol. The van der Waals surface area contributed by atoms with E-state index in [9.17, 15) is 35.2 Å². The molecule has 2 N–H and O–H groups in total. The number of hydrogen-bond acceptors (Lipinski definition) is 3. The first-order valence-electron chi connectivity index (χ1n) is 9.40. The van der Waals surface area contributed by atoms with Crippen LogP contribution in [0.25, 0.3) is 0 Å². The first-order valence-corrected chi connectivity index (χ1v) is 10.9. The third-order valence-electron chi connectivity index (χ3n) is 5.08. The maximum absolute atomic E-state index is 13.5. The minimum Gasteiger partial charge on any atom is -0.339 e. The molecule has 0 spiro atoms. The summed E-state index contributed by atoms with van der Waals surface area (Å²) in [7, 11) is -4.59. The van der Waals surface area contributed by atoms with Gasteiger partial charge in [0.25, 0.3) is 5.91 Å². The van der Waals surface area contributed by atoms with Crippen LogP contribution in [0, 0.1) is 18.6 Å². The Morgan fingerprint density at radius 1 is 1.16 bits per heavy atom. The predicted molar refractivity (Wildman–Crippen MR) is 102 cm³/mol. The second-order valence-electron chi connectivity index (χ2n) is 7.33. The first kappa shape index (κ1) is 23.2. The Bertz CT molecular complexity index is 1130. The second kappa shape index (κ2) is 8.23. The van der Waals surface area contributed by atoms with Crippen molar-refractivity contribution >= 4 is 21.6 Å². The lowest BCUT2D eigenvalue weighted by Crippen LogP contribution is -2.43. The van der Waals surface area contributed by atoms with Gasteiger partial charge in [0.05, 0.1) is 0 Å². The number of carbonyl (C=O) groups excluding carboxylic acids is 1. The van der Waals surface area contributed by atoms with Crippen molar-refractivity contribution < 1.29 is 35.2 Å². The van der Waals surface area contributed by atoms with Gasteiger partial charge in [0.2, 0.25) is 10.0 Å². The lowest BCUT2D eigenvalue weighted by Gasteiger charge is -2.20. The summed E-state index contributed by atoms with van der Waals surface area (Å²) in [6.07, 6.45) is -3.28. The van der Waals surface area contributed by atoms with Gasteiger partial charge >= 0.3 is 6.18 Å².